The molecule has 0 saturated carbocycles. The lowest BCUT2D eigenvalue weighted by Gasteiger charge is -2.04. The lowest BCUT2D eigenvalue weighted by molar-refractivity contribution is 0.165. The molecule has 0 unspecified atom stereocenters. The molecule has 0 aliphatic carbocycles. The van der Waals surface area contributed by atoms with E-state index in [9.17, 15) is 0 Å². The molecule has 0 aromatic rings. The van der Waals surface area contributed by atoms with Gasteiger partial charge in [-0.3, -0.25) is 0 Å². The summed E-state index contributed by atoms with van der Waals surface area (Å²) in [6.45, 7) is 5.09. The molecule has 0 aliphatic heterocycles. The molecule has 110 valence electrons. The van der Waals surface area contributed by atoms with E-state index in [1.165, 1.54) is 64.2 Å². The molecule has 18 heavy (non-hydrogen) atoms. The third-order valence-corrected chi connectivity index (χ3v) is 3.35. The number of hydrogen-bond donors (Lipinski definition) is 3. The fourth-order valence-electron chi connectivity index (χ4n) is 2.15. The lowest BCUT2D eigenvalue weighted by atomic mass is 10.1. The number of rotatable bonds is 15. The first-order chi connectivity index (χ1) is 8.91. The quantitative estimate of drug-likeness (QED) is 0.309. The van der Waals surface area contributed by atoms with Crippen molar-refractivity contribution >= 4 is 0 Å². The smallest absolute Gasteiger partial charge is 0.0219 e. The first kappa shape index (κ1) is 17.9. The van der Waals surface area contributed by atoms with Crippen LogP contribution in [0, 0.1) is 0 Å². The van der Waals surface area contributed by atoms with Gasteiger partial charge in [-0.25, -0.2) is 5.48 Å². The van der Waals surface area contributed by atoms with Gasteiger partial charge in [-0.1, -0.05) is 64.7 Å². The van der Waals surface area contributed by atoms with Crippen molar-refractivity contribution in [3.05, 3.63) is 0 Å². The van der Waals surface area contributed by atoms with Crippen molar-refractivity contribution in [1.82, 2.24) is 10.8 Å². The van der Waals surface area contributed by atoms with Gasteiger partial charge in [-0.15, -0.1) is 0 Å². The van der Waals surface area contributed by atoms with Gasteiger partial charge in [0.15, 0.2) is 0 Å². The van der Waals surface area contributed by atoms with Gasteiger partial charge < -0.3 is 10.5 Å². The van der Waals surface area contributed by atoms with Crippen molar-refractivity contribution in [3.8, 4) is 0 Å². The van der Waals surface area contributed by atoms with E-state index in [1.54, 1.807) is 0 Å². The van der Waals surface area contributed by atoms with Gasteiger partial charge in [0.2, 0.25) is 0 Å². The molecule has 3 N–H and O–H groups in total. The number of nitrogens with one attached hydrogen (secondary N) is 2. The largest absolute Gasteiger partial charge is 0.317 e. The van der Waals surface area contributed by atoms with Gasteiger partial charge in [0.25, 0.3) is 0 Å². The summed E-state index contributed by atoms with van der Waals surface area (Å²) in [5.41, 5.74) is 2.17. The minimum atomic E-state index is 0.686. The van der Waals surface area contributed by atoms with Crippen LogP contribution in [0.25, 0.3) is 0 Å². The van der Waals surface area contributed by atoms with E-state index in [1.807, 2.05) is 0 Å². The Hall–Kier alpha value is -0.120. The van der Waals surface area contributed by atoms with E-state index in [-0.39, 0.29) is 0 Å². The Kier molecular flexibility index (Phi) is 16.8. The molecule has 0 bridgehead atoms. The summed E-state index contributed by atoms with van der Waals surface area (Å²) in [5.74, 6) is 0. The first-order valence-corrected chi connectivity index (χ1v) is 7.99. The maximum atomic E-state index is 8.38. The van der Waals surface area contributed by atoms with Crippen LogP contribution in [-0.2, 0) is 0 Å². The summed E-state index contributed by atoms with van der Waals surface area (Å²) in [6, 6.07) is 0. The molecule has 0 aromatic carbocycles. The molecular weight excluding hydrogens is 224 g/mol. The SMILES string of the molecule is CCCCCCCCCCCCNCCCNO. The Morgan fingerprint density at radius 1 is 0.611 bits per heavy atom. The number of unbranched alkanes of at least 4 members (excludes halogenated alkanes) is 9. The van der Waals surface area contributed by atoms with Crippen LogP contribution in [0.5, 0.6) is 0 Å². The molecule has 0 fully saturated rings. The van der Waals surface area contributed by atoms with E-state index in [4.69, 9.17) is 5.21 Å². The van der Waals surface area contributed by atoms with Crippen LogP contribution >= 0.6 is 0 Å². The molecule has 0 saturated heterocycles. The van der Waals surface area contributed by atoms with Gasteiger partial charge in [-0.05, 0) is 25.9 Å². The molecule has 0 radical (unpaired) electrons. The van der Waals surface area contributed by atoms with Crippen molar-refractivity contribution in [2.24, 2.45) is 0 Å². The van der Waals surface area contributed by atoms with E-state index < -0.39 is 0 Å². The van der Waals surface area contributed by atoms with E-state index in [0.717, 1.165) is 19.5 Å². The molecular formula is C15H34N2O. The second-order valence-electron chi connectivity index (χ2n) is 5.19. The first-order valence-electron chi connectivity index (χ1n) is 7.99. The van der Waals surface area contributed by atoms with E-state index in [0.29, 0.717) is 6.54 Å². The molecule has 0 atom stereocenters. The molecule has 0 aromatic heterocycles. The third kappa shape index (κ3) is 15.9. The van der Waals surface area contributed by atoms with E-state index >= 15 is 0 Å². The fourth-order valence-corrected chi connectivity index (χ4v) is 2.15. The highest BCUT2D eigenvalue weighted by atomic mass is 16.5. The molecule has 0 amide bonds. The minimum Gasteiger partial charge on any atom is -0.317 e. The summed E-state index contributed by atoms with van der Waals surface area (Å²) >= 11 is 0. The maximum absolute atomic E-state index is 8.38. The van der Waals surface area contributed by atoms with Crippen LogP contribution in [0.2, 0.25) is 0 Å². The van der Waals surface area contributed by atoms with Gasteiger partial charge in [0.05, 0.1) is 0 Å². The Morgan fingerprint density at radius 3 is 1.67 bits per heavy atom. The zero-order valence-electron chi connectivity index (χ0n) is 12.3. The Balaban J connectivity index is 2.86. The summed E-state index contributed by atoms with van der Waals surface area (Å²) < 4.78 is 0. The fraction of sp³-hybridized carbons (Fsp3) is 1.00. The van der Waals surface area contributed by atoms with Crippen molar-refractivity contribution in [2.75, 3.05) is 19.6 Å². The second-order valence-corrected chi connectivity index (χ2v) is 5.19. The van der Waals surface area contributed by atoms with E-state index in [2.05, 4.69) is 17.7 Å². The molecule has 0 spiro atoms. The van der Waals surface area contributed by atoms with Crippen LogP contribution < -0.4 is 10.8 Å². The number of hydrogen-bond acceptors (Lipinski definition) is 3. The van der Waals surface area contributed by atoms with Crippen molar-refractivity contribution < 1.29 is 5.21 Å². The van der Waals surface area contributed by atoms with Crippen molar-refractivity contribution in [3.63, 3.8) is 0 Å². The summed E-state index contributed by atoms with van der Waals surface area (Å²) in [7, 11) is 0. The second kappa shape index (κ2) is 16.9. The van der Waals surface area contributed by atoms with Crippen LogP contribution in [0.1, 0.15) is 77.6 Å². The standard InChI is InChI=1S/C15H34N2O/c1-2-3-4-5-6-7-8-9-10-11-13-16-14-12-15-17-18/h16-18H,2-15H2,1H3. The highest BCUT2D eigenvalue weighted by Crippen LogP contribution is 2.10. The van der Waals surface area contributed by atoms with Crippen molar-refractivity contribution in [2.45, 2.75) is 77.6 Å². The van der Waals surface area contributed by atoms with Gasteiger partial charge in [0.1, 0.15) is 0 Å². The van der Waals surface area contributed by atoms with Gasteiger partial charge in [0, 0.05) is 6.54 Å². The van der Waals surface area contributed by atoms with Crippen molar-refractivity contribution in [1.29, 1.82) is 0 Å². The minimum absolute atomic E-state index is 0.686. The Labute approximate surface area is 114 Å². The zero-order chi connectivity index (χ0) is 13.3. The van der Waals surface area contributed by atoms with Crippen LogP contribution in [-0.4, -0.2) is 24.8 Å². The zero-order valence-corrected chi connectivity index (χ0v) is 12.3. The summed E-state index contributed by atoms with van der Waals surface area (Å²) in [5, 5.41) is 11.8. The highest BCUT2D eigenvalue weighted by molar-refractivity contribution is 4.51. The normalized spacial score (nSPS) is 11.0. The lowest BCUT2D eigenvalue weighted by Crippen LogP contribution is -2.20. The topological polar surface area (TPSA) is 44.3 Å². The Morgan fingerprint density at radius 2 is 1.11 bits per heavy atom. The maximum Gasteiger partial charge on any atom is 0.0219 e. The number of hydroxylamine groups is 1. The predicted octanol–water partition coefficient (Wildman–Crippen LogP) is 3.87. The van der Waals surface area contributed by atoms with Crippen LogP contribution in [0.4, 0.5) is 0 Å². The predicted molar refractivity (Wildman–Crippen MR) is 79.1 cm³/mol. The average molecular weight is 258 g/mol. The van der Waals surface area contributed by atoms with Gasteiger partial charge in [-0.2, -0.15) is 0 Å². The molecule has 0 rings (SSSR count). The molecule has 3 heteroatoms. The monoisotopic (exact) mass is 258 g/mol. The molecule has 0 heterocycles. The summed E-state index contributed by atoms with van der Waals surface area (Å²) in [4.78, 5) is 0. The summed E-state index contributed by atoms with van der Waals surface area (Å²) in [6.07, 6.45) is 15.0. The molecule has 3 nitrogen and oxygen atoms in total. The average Bonchev–Trinajstić information content (AvgIpc) is 2.39. The van der Waals surface area contributed by atoms with Gasteiger partial charge >= 0.3 is 0 Å². The third-order valence-electron chi connectivity index (χ3n) is 3.35. The highest BCUT2D eigenvalue weighted by Gasteiger charge is 1.92. The Bertz CT molecular complexity index is 126. The molecule has 0 aliphatic rings. The van der Waals surface area contributed by atoms with Crippen LogP contribution in [0.15, 0.2) is 0 Å². The van der Waals surface area contributed by atoms with Crippen LogP contribution in [0.3, 0.4) is 0 Å².